The van der Waals surface area contributed by atoms with E-state index in [0.717, 1.165) is 30.8 Å². The fourth-order valence-corrected chi connectivity index (χ4v) is 2.91. The molecule has 3 unspecified atom stereocenters. The zero-order valence-corrected chi connectivity index (χ0v) is 13.7. The average molecular weight is 294 g/mol. The number of anilines is 1. The van der Waals surface area contributed by atoms with E-state index >= 15 is 0 Å². The molecule has 21 heavy (non-hydrogen) atoms. The molecule has 1 fully saturated rings. The van der Waals surface area contributed by atoms with E-state index in [1.807, 2.05) is 20.0 Å². The van der Waals surface area contributed by atoms with Gasteiger partial charge < -0.3 is 15.0 Å². The molecule has 1 N–H and O–H groups in total. The summed E-state index contributed by atoms with van der Waals surface area (Å²) in [7, 11) is 1.91. The van der Waals surface area contributed by atoms with Crippen molar-refractivity contribution in [3.8, 4) is 0 Å². The highest BCUT2D eigenvalue weighted by atomic mass is 19.1. The summed E-state index contributed by atoms with van der Waals surface area (Å²) in [6, 6.07) is 4.14. The topological polar surface area (TPSA) is 24.5 Å². The molecule has 0 aliphatic carbocycles. The number of halogens is 1. The molecular formula is C17H27FN2O. The van der Waals surface area contributed by atoms with Gasteiger partial charge >= 0.3 is 0 Å². The van der Waals surface area contributed by atoms with Crippen LogP contribution in [0.15, 0.2) is 12.1 Å². The monoisotopic (exact) mass is 294 g/mol. The van der Waals surface area contributed by atoms with E-state index in [0.29, 0.717) is 11.6 Å². The summed E-state index contributed by atoms with van der Waals surface area (Å²) in [6.07, 6.45) is 1.23. The maximum absolute atomic E-state index is 14.0. The van der Waals surface area contributed by atoms with E-state index in [-0.39, 0.29) is 18.0 Å². The zero-order chi connectivity index (χ0) is 15.6. The van der Waals surface area contributed by atoms with Crippen molar-refractivity contribution in [3.05, 3.63) is 29.1 Å². The molecule has 0 spiro atoms. The van der Waals surface area contributed by atoms with Gasteiger partial charge in [-0.15, -0.1) is 0 Å². The van der Waals surface area contributed by atoms with Gasteiger partial charge in [0.1, 0.15) is 5.82 Å². The van der Waals surface area contributed by atoms with Crippen LogP contribution in [-0.2, 0) is 4.74 Å². The van der Waals surface area contributed by atoms with Crippen LogP contribution in [0.2, 0.25) is 0 Å². The van der Waals surface area contributed by atoms with Gasteiger partial charge in [-0.25, -0.2) is 4.39 Å². The Balaban J connectivity index is 2.46. The van der Waals surface area contributed by atoms with E-state index < -0.39 is 0 Å². The van der Waals surface area contributed by atoms with Gasteiger partial charge in [-0.2, -0.15) is 0 Å². The molecule has 118 valence electrons. The second-order valence-corrected chi connectivity index (χ2v) is 6.03. The van der Waals surface area contributed by atoms with Gasteiger partial charge in [0.15, 0.2) is 0 Å². The normalized spacial score (nSPS) is 24.2. The third-order valence-electron chi connectivity index (χ3n) is 4.46. The second-order valence-electron chi connectivity index (χ2n) is 6.03. The first-order chi connectivity index (χ1) is 9.97. The number of nitrogens with zero attached hydrogens (tertiary/aromatic N) is 1. The predicted octanol–water partition coefficient (Wildman–Crippen LogP) is 3.42. The first kappa shape index (κ1) is 16.2. The minimum atomic E-state index is -0.134. The van der Waals surface area contributed by atoms with Crippen molar-refractivity contribution < 1.29 is 9.13 Å². The Labute approximate surface area is 127 Å². The molecule has 1 aromatic rings. The number of hydrogen-bond acceptors (Lipinski definition) is 3. The molecule has 0 saturated carbocycles. The summed E-state index contributed by atoms with van der Waals surface area (Å²) in [4.78, 5) is 2.39. The predicted molar refractivity (Wildman–Crippen MR) is 85.5 cm³/mol. The lowest BCUT2D eigenvalue weighted by molar-refractivity contribution is 0.0298. The minimum Gasteiger partial charge on any atom is -0.375 e. The van der Waals surface area contributed by atoms with Gasteiger partial charge in [0, 0.05) is 18.3 Å². The fourth-order valence-electron chi connectivity index (χ4n) is 2.91. The molecule has 1 saturated heterocycles. The Bertz CT molecular complexity index is 492. The molecule has 1 aromatic carbocycles. The molecule has 2 rings (SSSR count). The molecule has 0 radical (unpaired) electrons. The zero-order valence-electron chi connectivity index (χ0n) is 13.7. The van der Waals surface area contributed by atoms with Crippen LogP contribution in [0.1, 0.15) is 44.4 Å². The summed E-state index contributed by atoms with van der Waals surface area (Å²) in [5.74, 6) is -0.134. The summed E-state index contributed by atoms with van der Waals surface area (Å²) >= 11 is 0. The Morgan fingerprint density at radius 1 is 1.48 bits per heavy atom. The van der Waals surface area contributed by atoms with Crippen LogP contribution in [-0.4, -0.2) is 32.3 Å². The second kappa shape index (κ2) is 6.75. The smallest absolute Gasteiger partial charge is 0.126 e. The average Bonchev–Trinajstić information content (AvgIpc) is 2.48. The number of nitrogens with one attached hydrogen (secondary N) is 1. The van der Waals surface area contributed by atoms with Crippen LogP contribution in [0.4, 0.5) is 10.1 Å². The highest BCUT2D eigenvalue weighted by molar-refractivity contribution is 5.58. The molecule has 1 aliphatic heterocycles. The van der Waals surface area contributed by atoms with Crippen LogP contribution in [0.5, 0.6) is 0 Å². The quantitative estimate of drug-likeness (QED) is 0.921. The number of benzene rings is 1. The molecular weight excluding hydrogens is 267 g/mol. The Hall–Kier alpha value is -1.13. The molecule has 3 nitrogen and oxygen atoms in total. The van der Waals surface area contributed by atoms with Crippen molar-refractivity contribution in [1.82, 2.24) is 5.32 Å². The molecule has 0 amide bonds. The number of hydrogen-bond donors (Lipinski definition) is 1. The van der Waals surface area contributed by atoms with E-state index in [1.54, 1.807) is 6.07 Å². The van der Waals surface area contributed by atoms with Crippen LogP contribution in [0.3, 0.4) is 0 Å². The van der Waals surface area contributed by atoms with Gasteiger partial charge in [0.2, 0.25) is 0 Å². The summed E-state index contributed by atoms with van der Waals surface area (Å²) < 4.78 is 19.8. The molecule has 1 heterocycles. The maximum Gasteiger partial charge on any atom is 0.126 e. The van der Waals surface area contributed by atoms with E-state index in [9.17, 15) is 4.39 Å². The van der Waals surface area contributed by atoms with Gasteiger partial charge in [-0.1, -0.05) is 6.92 Å². The van der Waals surface area contributed by atoms with Crippen molar-refractivity contribution in [1.29, 1.82) is 0 Å². The van der Waals surface area contributed by atoms with Crippen LogP contribution < -0.4 is 10.2 Å². The minimum absolute atomic E-state index is 0.116. The Kier molecular flexibility index (Phi) is 5.22. The van der Waals surface area contributed by atoms with Gasteiger partial charge in [0.25, 0.3) is 0 Å². The van der Waals surface area contributed by atoms with Crippen molar-refractivity contribution in [2.45, 2.75) is 52.3 Å². The van der Waals surface area contributed by atoms with E-state index in [2.05, 4.69) is 31.0 Å². The largest absolute Gasteiger partial charge is 0.375 e. The third-order valence-corrected chi connectivity index (χ3v) is 4.46. The van der Waals surface area contributed by atoms with Crippen LogP contribution >= 0.6 is 0 Å². The maximum atomic E-state index is 14.0. The molecule has 0 bridgehead atoms. The van der Waals surface area contributed by atoms with Crippen molar-refractivity contribution in [3.63, 3.8) is 0 Å². The van der Waals surface area contributed by atoms with Crippen molar-refractivity contribution in [2.75, 3.05) is 25.1 Å². The fraction of sp³-hybridized carbons (Fsp3) is 0.647. The third kappa shape index (κ3) is 3.38. The van der Waals surface area contributed by atoms with Crippen LogP contribution in [0.25, 0.3) is 0 Å². The van der Waals surface area contributed by atoms with Crippen molar-refractivity contribution in [2.24, 2.45) is 0 Å². The van der Waals surface area contributed by atoms with Crippen molar-refractivity contribution >= 4 is 5.69 Å². The first-order valence-corrected chi connectivity index (χ1v) is 7.83. The van der Waals surface area contributed by atoms with E-state index in [1.165, 1.54) is 0 Å². The van der Waals surface area contributed by atoms with Gasteiger partial charge in [-0.3, -0.25) is 0 Å². The Morgan fingerprint density at radius 2 is 2.19 bits per heavy atom. The number of morpholine rings is 1. The van der Waals surface area contributed by atoms with Gasteiger partial charge in [0.05, 0.1) is 18.8 Å². The number of rotatable bonds is 4. The Morgan fingerprint density at radius 3 is 2.81 bits per heavy atom. The lowest BCUT2D eigenvalue weighted by Crippen LogP contribution is -2.49. The van der Waals surface area contributed by atoms with Crippen LogP contribution in [0, 0.1) is 12.7 Å². The summed E-state index contributed by atoms with van der Waals surface area (Å²) in [5, 5.41) is 3.23. The molecule has 3 atom stereocenters. The first-order valence-electron chi connectivity index (χ1n) is 7.83. The lowest BCUT2D eigenvalue weighted by atomic mass is 9.99. The number of ether oxygens (including phenoxy) is 1. The summed E-state index contributed by atoms with van der Waals surface area (Å²) in [6.45, 7) is 9.76. The lowest BCUT2D eigenvalue weighted by Gasteiger charge is -2.41. The highest BCUT2D eigenvalue weighted by Crippen LogP contribution is 2.32. The molecule has 4 heteroatoms. The summed E-state index contributed by atoms with van der Waals surface area (Å²) in [5.41, 5.74) is 2.86. The van der Waals surface area contributed by atoms with Gasteiger partial charge in [-0.05, 0) is 57.5 Å². The standard InChI is InChI=1S/C17H27FN2O/c1-6-14-10-21-12(3)9-20(14)17-7-11(2)16(18)8-15(17)13(4)19-5/h7-8,12-14,19H,6,9-10H2,1-5H3. The highest BCUT2D eigenvalue weighted by Gasteiger charge is 2.28. The molecule has 1 aliphatic rings. The molecule has 0 aromatic heterocycles. The SMILES string of the molecule is CCC1COC(C)CN1c1cc(C)c(F)cc1C(C)NC. The van der Waals surface area contributed by atoms with E-state index in [4.69, 9.17) is 4.74 Å². The number of aryl methyl sites for hydroxylation is 1.